The fourth-order valence-electron chi connectivity index (χ4n) is 1.93. The summed E-state index contributed by atoms with van der Waals surface area (Å²) in [5.74, 6) is -1.27. The van der Waals surface area contributed by atoms with Crippen LogP contribution in [0.3, 0.4) is 0 Å². The summed E-state index contributed by atoms with van der Waals surface area (Å²) in [5, 5.41) is 29.8. The molecule has 2 atom stereocenters. The fraction of sp³-hybridized carbons (Fsp3) is 0.133. The van der Waals surface area contributed by atoms with Crippen molar-refractivity contribution in [2.45, 2.75) is 12.2 Å². The molecule has 3 N–H and O–H groups in total. The van der Waals surface area contributed by atoms with Crippen LogP contribution in [0.25, 0.3) is 17.4 Å². The van der Waals surface area contributed by atoms with Gasteiger partial charge in [0.1, 0.15) is 29.4 Å². The number of phenols is 1. The van der Waals surface area contributed by atoms with Gasteiger partial charge in [0.15, 0.2) is 5.43 Å². The van der Waals surface area contributed by atoms with Gasteiger partial charge in [-0.2, -0.15) is 0 Å². The third-order valence-corrected chi connectivity index (χ3v) is 2.93. The molecule has 0 bridgehead atoms. The van der Waals surface area contributed by atoms with E-state index in [9.17, 15) is 20.1 Å². The number of fused-ring (bicyclic) bond motifs is 1. The molecule has 0 fully saturated rings. The first-order chi connectivity index (χ1) is 10.7. The van der Waals surface area contributed by atoms with Gasteiger partial charge >= 0.3 is 0 Å². The van der Waals surface area contributed by atoms with Gasteiger partial charge in [0.2, 0.25) is 0 Å². The number of benzene rings is 1. The van der Waals surface area contributed by atoms with Crippen molar-refractivity contribution < 1.29 is 23.8 Å². The monoisotopic (exact) mass is 275 g/mol. The lowest BCUT2D eigenvalue weighted by Gasteiger charge is -2.20. The molecule has 102 valence electrons. The predicted molar refractivity (Wildman–Crippen MR) is 72.1 cm³/mol. The lowest BCUT2D eigenvalue weighted by atomic mass is 9.98. The summed E-state index contributed by atoms with van der Waals surface area (Å²) in [6.07, 6.45) is -3.86. The summed E-state index contributed by atoms with van der Waals surface area (Å²) in [5.41, 5.74) is -1.11. The zero-order valence-corrected chi connectivity index (χ0v) is 10.1. The number of para-hydroxylation sites is 1. The fourth-order valence-corrected chi connectivity index (χ4v) is 1.93. The molecular weight excluding hydrogens is 260 g/mol. The molecule has 2 unspecified atom stereocenters. The molecule has 1 aromatic heterocycles. The van der Waals surface area contributed by atoms with Gasteiger partial charge in [-0.1, -0.05) is 18.2 Å². The van der Waals surface area contributed by atoms with E-state index in [1.54, 1.807) is 6.07 Å². The van der Waals surface area contributed by atoms with E-state index in [1.807, 2.05) is 0 Å². The van der Waals surface area contributed by atoms with E-state index in [-0.39, 0.29) is 22.6 Å². The van der Waals surface area contributed by atoms with Gasteiger partial charge in [0, 0.05) is 6.04 Å². The minimum atomic E-state index is -2.94. The molecule has 2 aromatic rings. The molecule has 0 saturated heterocycles. The summed E-state index contributed by atoms with van der Waals surface area (Å²) in [6, 6.07) is 5.22. The maximum atomic E-state index is 12.3. The molecule has 5 nitrogen and oxygen atoms in total. The maximum absolute atomic E-state index is 12.3. The SMILES string of the molecule is [2H]c1c(-c2ccccc2O)oc2c(c1=O)C=CC([2H])(O)C2([2H])O. The van der Waals surface area contributed by atoms with E-state index < -0.39 is 29.4 Å². The topological polar surface area (TPSA) is 90.9 Å². The standard InChI is InChI=1S/C15H12O5/c16-10-4-2-1-3-8(10)13-7-12(18)9-5-6-11(17)14(19)15(9)20-13/h1-7,11,14,16-17,19H/i7D,11D,14D. The van der Waals surface area contributed by atoms with E-state index in [0.717, 1.165) is 12.2 Å². The summed E-state index contributed by atoms with van der Waals surface area (Å²) >= 11 is 0. The first kappa shape index (κ1) is 9.52. The Balaban J connectivity index is 2.37. The first-order valence-corrected chi connectivity index (χ1v) is 5.77. The van der Waals surface area contributed by atoms with Gasteiger partial charge in [0.05, 0.1) is 15.2 Å². The highest BCUT2D eigenvalue weighted by atomic mass is 16.4. The molecule has 0 aliphatic heterocycles. The number of aromatic hydroxyl groups is 1. The third kappa shape index (κ3) is 1.93. The molecule has 0 spiro atoms. The van der Waals surface area contributed by atoms with Crippen molar-refractivity contribution in [1.29, 1.82) is 0 Å². The van der Waals surface area contributed by atoms with Crippen LogP contribution in [0.1, 0.15) is 21.5 Å². The van der Waals surface area contributed by atoms with Crippen molar-refractivity contribution >= 4 is 6.08 Å². The third-order valence-electron chi connectivity index (χ3n) is 2.93. The lowest BCUT2D eigenvalue weighted by molar-refractivity contribution is 0.0311. The van der Waals surface area contributed by atoms with Crippen molar-refractivity contribution in [3.05, 3.63) is 57.9 Å². The van der Waals surface area contributed by atoms with E-state index in [0.29, 0.717) is 0 Å². The molecule has 1 aliphatic carbocycles. The largest absolute Gasteiger partial charge is 0.507 e. The highest BCUT2D eigenvalue weighted by Gasteiger charge is 2.27. The van der Waals surface area contributed by atoms with Gasteiger partial charge in [-0.05, 0) is 18.2 Å². The quantitative estimate of drug-likeness (QED) is 0.732. The second-order valence-electron chi connectivity index (χ2n) is 4.21. The Hall–Kier alpha value is -2.37. The van der Waals surface area contributed by atoms with Gasteiger partial charge < -0.3 is 19.7 Å². The summed E-state index contributed by atoms with van der Waals surface area (Å²) in [6.45, 7) is 0. The Morgan fingerprint density at radius 3 is 2.80 bits per heavy atom. The smallest absolute Gasteiger partial charge is 0.193 e. The van der Waals surface area contributed by atoms with Crippen molar-refractivity contribution in [3.63, 3.8) is 0 Å². The normalized spacial score (nSPS) is 30.2. The Labute approximate surface area is 118 Å². The van der Waals surface area contributed by atoms with Gasteiger partial charge in [-0.3, -0.25) is 4.79 Å². The van der Waals surface area contributed by atoms with Crippen LogP contribution in [-0.4, -0.2) is 21.4 Å². The van der Waals surface area contributed by atoms with Gasteiger partial charge in [-0.15, -0.1) is 0 Å². The zero-order valence-electron chi connectivity index (χ0n) is 13.1. The molecule has 5 heteroatoms. The Bertz CT molecular complexity index is 883. The molecular formula is C15H12O5. The number of aliphatic hydroxyl groups is 2. The van der Waals surface area contributed by atoms with Crippen LogP contribution < -0.4 is 5.43 Å². The molecule has 1 aromatic carbocycles. The molecule has 0 amide bonds. The zero-order chi connectivity index (χ0) is 17.0. The molecule has 0 saturated carbocycles. The summed E-state index contributed by atoms with van der Waals surface area (Å²) in [4.78, 5) is 12.3. The Morgan fingerprint density at radius 1 is 1.30 bits per heavy atom. The van der Waals surface area contributed by atoms with Crippen LogP contribution in [0.15, 0.2) is 45.6 Å². The van der Waals surface area contributed by atoms with E-state index in [2.05, 4.69) is 0 Å². The summed E-state index contributed by atoms with van der Waals surface area (Å²) < 4.78 is 28.6. The highest BCUT2D eigenvalue weighted by Crippen LogP contribution is 2.33. The van der Waals surface area contributed by atoms with E-state index in [4.69, 9.17) is 8.53 Å². The van der Waals surface area contributed by atoms with Crippen molar-refractivity contribution in [2.75, 3.05) is 0 Å². The second kappa shape index (κ2) is 4.63. The first-order valence-electron chi connectivity index (χ1n) is 7.27. The predicted octanol–water partition coefficient (Wildman–Crippen LogP) is 1.43. The average Bonchev–Trinajstić information content (AvgIpc) is 2.48. The van der Waals surface area contributed by atoms with Gasteiger partial charge in [-0.25, -0.2) is 0 Å². The van der Waals surface area contributed by atoms with Crippen molar-refractivity contribution in [3.8, 4) is 17.1 Å². The van der Waals surface area contributed by atoms with E-state index >= 15 is 0 Å². The summed E-state index contributed by atoms with van der Waals surface area (Å²) in [7, 11) is 0. The van der Waals surface area contributed by atoms with Crippen molar-refractivity contribution in [2.24, 2.45) is 0 Å². The maximum Gasteiger partial charge on any atom is 0.193 e. The number of hydrogen-bond donors (Lipinski definition) is 3. The van der Waals surface area contributed by atoms with Crippen LogP contribution in [-0.2, 0) is 0 Å². The van der Waals surface area contributed by atoms with Crippen LogP contribution >= 0.6 is 0 Å². The molecule has 3 rings (SSSR count). The van der Waals surface area contributed by atoms with Crippen LogP contribution in [0.4, 0.5) is 0 Å². The Kier molecular flexibility index (Phi) is 2.20. The number of rotatable bonds is 1. The molecule has 1 heterocycles. The molecule has 1 aliphatic rings. The lowest BCUT2D eigenvalue weighted by Crippen LogP contribution is -2.23. The molecule has 0 radical (unpaired) electrons. The Morgan fingerprint density at radius 2 is 2.05 bits per heavy atom. The van der Waals surface area contributed by atoms with Crippen LogP contribution in [0.5, 0.6) is 5.75 Å². The molecule has 20 heavy (non-hydrogen) atoms. The second-order valence-corrected chi connectivity index (χ2v) is 4.21. The van der Waals surface area contributed by atoms with Gasteiger partial charge in [0.25, 0.3) is 0 Å². The van der Waals surface area contributed by atoms with Crippen LogP contribution in [0.2, 0.25) is 0 Å². The average molecular weight is 275 g/mol. The van der Waals surface area contributed by atoms with Crippen LogP contribution in [0, 0.1) is 0 Å². The van der Waals surface area contributed by atoms with Crippen molar-refractivity contribution in [1.82, 2.24) is 0 Å². The number of hydrogen-bond acceptors (Lipinski definition) is 5. The highest BCUT2D eigenvalue weighted by molar-refractivity contribution is 5.67. The minimum absolute atomic E-state index is 0.0243. The van der Waals surface area contributed by atoms with E-state index in [1.165, 1.54) is 18.2 Å². The minimum Gasteiger partial charge on any atom is -0.507 e. The number of phenolic OH excluding ortho intramolecular Hbond substituents is 1.